The van der Waals surface area contributed by atoms with Gasteiger partial charge in [-0.3, -0.25) is 4.79 Å². The van der Waals surface area contributed by atoms with Gasteiger partial charge in [0.15, 0.2) is 6.29 Å². The number of aliphatic hydroxyl groups is 7. The van der Waals surface area contributed by atoms with E-state index in [0.29, 0.717) is 6.42 Å². The maximum atomic E-state index is 12.8. The van der Waals surface area contributed by atoms with Crippen molar-refractivity contribution in [1.29, 1.82) is 0 Å². The molecule has 7 N–H and O–H groups in total. The molecule has 2 aliphatic rings. The lowest BCUT2D eigenvalue weighted by atomic mass is 9.86. The zero-order valence-corrected chi connectivity index (χ0v) is 25.5. The number of carbonyl (C=O) groups is 1. The molecule has 2 rings (SSSR count). The van der Waals surface area contributed by atoms with Gasteiger partial charge in [0.2, 0.25) is 5.79 Å². The Morgan fingerprint density at radius 3 is 1.64 bits per heavy atom. The SMILES string of the molecule is CCCCCCCCCCCCCCCCCC(=O)CC1C(O)[C@H](O)C(CO)O[C@@H]1O[C@]1(CO)O[C@H](CO)C(O)C1O. The van der Waals surface area contributed by atoms with E-state index in [2.05, 4.69) is 6.92 Å². The highest BCUT2D eigenvalue weighted by Gasteiger charge is 2.58. The Labute approximate surface area is 251 Å². The summed E-state index contributed by atoms with van der Waals surface area (Å²) in [6.45, 7) is 0.00142. The number of Topliss-reactive ketones (excluding diaryl/α,β-unsaturated/α-hetero) is 1. The highest BCUT2D eigenvalue weighted by Crippen LogP contribution is 2.38. The van der Waals surface area contributed by atoms with Gasteiger partial charge in [-0.25, -0.2) is 0 Å². The van der Waals surface area contributed by atoms with Crippen molar-refractivity contribution >= 4 is 5.78 Å². The fourth-order valence-corrected chi connectivity index (χ4v) is 6.00. The van der Waals surface area contributed by atoms with Gasteiger partial charge >= 0.3 is 0 Å². The summed E-state index contributed by atoms with van der Waals surface area (Å²) in [6, 6.07) is 0. The highest BCUT2D eigenvalue weighted by molar-refractivity contribution is 5.78. The van der Waals surface area contributed by atoms with Gasteiger partial charge in [-0.15, -0.1) is 0 Å². The molecule has 0 amide bonds. The zero-order valence-electron chi connectivity index (χ0n) is 25.5. The summed E-state index contributed by atoms with van der Waals surface area (Å²) in [5.41, 5.74) is 0. The fraction of sp³-hybridized carbons (Fsp3) is 0.968. The van der Waals surface area contributed by atoms with E-state index >= 15 is 0 Å². The van der Waals surface area contributed by atoms with Crippen LogP contribution in [0.2, 0.25) is 0 Å². The van der Waals surface area contributed by atoms with Gasteiger partial charge in [-0.05, 0) is 6.42 Å². The smallest absolute Gasteiger partial charge is 0.223 e. The zero-order chi connectivity index (χ0) is 31.0. The molecule has 0 bridgehead atoms. The third-order valence-corrected chi connectivity index (χ3v) is 8.75. The van der Waals surface area contributed by atoms with Gasteiger partial charge < -0.3 is 50.0 Å². The molecule has 5 unspecified atom stereocenters. The number of ether oxygens (including phenoxy) is 3. The first-order valence-corrected chi connectivity index (χ1v) is 16.3. The largest absolute Gasteiger partial charge is 0.394 e. The Bertz CT molecular complexity index is 725. The van der Waals surface area contributed by atoms with E-state index < -0.39 is 74.4 Å². The van der Waals surface area contributed by atoms with E-state index in [4.69, 9.17) is 14.2 Å². The van der Waals surface area contributed by atoms with E-state index in [1.54, 1.807) is 0 Å². The van der Waals surface area contributed by atoms with Crippen LogP contribution >= 0.6 is 0 Å². The van der Waals surface area contributed by atoms with E-state index in [9.17, 15) is 40.5 Å². The summed E-state index contributed by atoms with van der Waals surface area (Å²) in [4.78, 5) is 12.8. The van der Waals surface area contributed by atoms with Crippen LogP contribution in [0, 0.1) is 5.92 Å². The highest BCUT2D eigenvalue weighted by atomic mass is 16.8. The second kappa shape index (κ2) is 20.3. The number of ketones is 1. The molecule has 0 aromatic heterocycles. The molecule has 11 heteroatoms. The second-order valence-corrected chi connectivity index (χ2v) is 12.2. The Kier molecular flexibility index (Phi) is 18.1. The average molecular weight is 607 g/mol. The van der Waals surface area contributed by atoms with Gasteiger partial charge in [-0.1, -0.05) is 96.8 Å². The molecule has 11 nitrogen and oxygen atoms in total. The predicted molar refractivity (Wildman–Crippen MR) is 155 cm³/mol. The Morgan fingerprint density at radius 1 is 0.690 bits per heavy atom. The van der Waals surface area contributed by atoms with E-state index in [-0.39, 0.29) is 18.6 Å². The Morgan fingerprint density at radius 2 is 1.19 bits per heavy atom. The van der Waals surface area contributed by atoms with Crippen molar-refractivity contribution in [2.45, 2.75) is 165 Å². The van der Waals surface area contributed by atoms with Crippen molar-refractivity contribution in [3.63, 3.8) is 0 Å². The minimum absolute atomic E-state index is 0.167. The maximum absolute atomic E-state index is 12.8. The monoisotopic (exact) mass is 606 g/mol. The first-order valence-electron chi connectivity index (χ1n) is 16.3. The van der Waals surface area contributed by atoms with Crippen LogP contribution in [0.1, 0.15) is 116 Å². The van der Waals surface area contributed by atoms with Crippen molar-refractivity contribution < 1.29 is 54.8 Å². The molecule has 42 heavy (non-hydrogen) atoms. The number of carbonyl (C=O) groups excluding carboxylic acids is 1. The Hall–Kier alpha value is -0.730. The normalized spacial score (nSPS) is 33.3. The minimum Gasteiger partial charge on any atom is -0.394 e. The van der Waals surface area contributed by atoms with Gasteiger partial charge in [0.1, 0.15) is 42.9 Å². The van der Waals surface area contributed by atoms with Gasteiger partial charge in [0, 0.05) is 18.8 Å². The molecule has 248 valence electrons. The van der Waals surface area contributed by atoms with Gasteiger partial charge in [0.05, 0.1) is 19.3 Å². The molecular weight excluding hydrogens is 548 g/mol. The van der Waals surface area contributed by atoms with Crippen LogP contribution in [0.3, 0.4) is 0 Å². The third-order valence-electron chi connectivity index (χ3n) is 8.75. The average Bonchev–Trinajstić information content (AvgIpc) is 3.23. The van der Waals surface area contributed by atoms with Crippen LogP contribution in [-0.2, 0) is 19.0 Å². The number of unbranched alkanes of at least 4 members (excludes halogenated alkanes) is 14. The third kappa shape index (κ3) is 11.3. The van der Waals surface area contributed by atoms with E-state index in [1.807, 2.05) is 0 Å². The number of hydrogen-bond acceptors (Lipinski definition) is 11. The van der Waals surface area contributed by atoms with Gasteiger partial charge in [-0.2, -0.15) is 0 Å². The molecular formula is C31H58O11. The van der Waals surface area contributed by atoms with Crippen molar-refractivity contribution in [2.24, 2.45) is 5.92 Å². The van der Waals surface area contributed by atoms with Crippen LogP contribution in [-0.4, -0.2) is 110 Å². The minimum atomic E-state index is -2.20. The summed E-state index contributed by atoms with van der Waals surface area (Å²) < 4.78 is 16.8. The fourth-order valence-electron chi connectivity index (χ4n) is 6.00. The first-order chi connectivity index (χ1) is 20.2. The lowest BCUT2D eigenvalue weighted by Crippen LogP contribution is -2.60. The maximum Gasteiger partial charge on any atom is 0.223 e. The molecule has 2 saturated heterocycles. The molecule has 0 spiro atoms. The van der Waals surface area contributed by atoms with Crippen LogP contribution < -0.4 is 0 Å². The topological polar surface area (TPSA) is 186 Å². The van der Waals surface area contributed by atoms with E-state index in [1.165, 1.54) is 70.6 Å². The molecule has 0 radical (unpaired) electrons. The summed E-state index contributed by atoms with van der Waals surface area (Å²) >= 11 is 0. The molecule has 2 aliphatic heterocycles. The summed E-state index contributed by atoms with van der Waals surface area (Å²) in [6.07, 6.45) is 8.04. The standard InChI is InChI=1S/C31H58O11/c1-2-3-4-5-6-7-8-9-10-11-12-13-14-15-16-17-22(35)18-23-26(36)27(37)24(19-32)40-30(23)42-31(21-34)29(39)28(38)25(20-33)41-31/h23-30,32-34,36-39H,2-21H2,1H3/t23?,24?,25-,26?,27-,28?,29?,30-,31+/m1/s1. The van der Waals surface area contributed by atoms with Gasteiger partial charge in [0.25, 0.3) is 0 Å². The summed E-state index contributed by atoms with van der Waals surface area (Å²) in [5.74, 6) is -3.45. The van der Waals surface area contributed by atoms with Crippen LogP contribution in [0.5, 0.6) is 0 Å². The second-order valence-electron chi connectivity index (χ2n) is 12.2. The van der Waals surface area contributed by atoms with Crippen LogP contribution in [0.4, 0.5) is 0 Å². The number of hydrogen-bond donors (Lipinski definition) is 7. The Balaban J connectivity index is 1.73. The molecule has 2 heterocycles. The number of aliphatic hydroxyl groups excluding tert-OH is 7. The van der Waals surface area contributed by atoms with Crippen LogP contribution in [0.15, 0.2) is 0 Å². The lowest BCUT2D eigenvalue weighted by molar-refractivity contribution is -0.377. The van der Waals surface area contributed by atoms with Crippen molar-refractivity contribution in [3.05, 3.63) is 0 Å². The molecule has 2 fully saturated rings. The summed E-state index contributed by atoms with van der Waals surface area (Å²) in [5, 5.41) is 70.9. The summed E-state index contributed by atoms with van der Waals surface area (Å²) in [7, 11) is 0. The molecule has 0 aliphatic carbocycles. The van der Waals surface area contributed by atoms with E-state index in [0.717, 1.165) is 19.3 Å². The molecule has 0 saturated carbocycles. The van der Waals surface area contributed by atoms with Crippen LogP contribution in [0.25, 0.3) is 0 Å². The number of rotatable bonds is 23. The molecule has 0 aromatic carbocycles. The molecule has 9 atom stereocenters. The first kappa shape index (κ1) is 37.5. The predicted octanol–water partition coefficient (Wildman–Crippen LogP) is 2.08. The van der Waals surface area contributed by atoms with Crippen molar-refractivity contribution in [3.8, 4) is 0 Å². The quantitative estimate of drug-likeness (QED) is 0.0844. The lowest BCUT2D eigenvalue weighted by Gasteiger charge is -2.45. The van der Waals surface area contributed by atoms with Crippen molar-refractivity contribution in [2.75, 3.05) is 19.8 Å². The van der Waals surface area contributed by atoms with Crippen molar-refractivity contribution in [1.82, 2.24) is 0 Å². The molecule has 0 aromatic rings.